The van der Waals surface area contributed by atoms with Crippen molar-refractivity contribution < 1.29 is 0 Å². The maximum Gasteiger partial charge on any atom is 0.0278 e. The van der Waals surface area contributed by atoms with Gasteiger partial charge in [-0.25, -0.2) is 0 Å². The van der Waals surface area contributed by atoms with E-state index >= 15 is 0 Å². The molecule has 0 bridgehead atoms. The SMILES string of the molecule is CC(CCBr)CCSc1ccncc1. The average molecular weight is 274 g/mol. The summed E-state index contributed by atoms with van der Waals surface area (Å²) in [6.45, 7) is 2.31. The molecule has 1 aromatic rings. The normalized spacial score (nSPS) is 12.7. The van der Waals surface area contributed by atoms with Gasteiger partial charge in [0.15, 0.2) is 0 Å². The van der Waals surface area contributed by atoms with Crippen LogP contribution in [0.25, 0.3) is 0 Å². The van der Waals surface area contributed by atoms with Crippen LogP contribution < -0.4 is 0 Å². The Labute approximate surface area is 98.8 Å². The van der Waals surface area contributed by atoms with Gasteiger partial charge in [-0.15, -0.1) is 11.8 Å². The number of pyridine rings is 1. The fraction of sp³-hybridized carbons (Fsp3) is 0.545. The van der Waals surface area contributed by atoms with Gasteiger partial charge in [0, 0.05) is 22.6 Å². The predicted octanol–water partition coefficient (Wildman–Crippen LogP) is 3.98. The third-order valence-corrected chi connectivity index (χ3v) is 3.63. The van der Waals surface area contributed by atoms with Gasteiger partial charge in [-0.05, 0) is 36.6 Å². The number of hydrogen-bond donors (Lipinski definition) is 0. The molecule has 1 heterocycles. The van der Waals surface area contributed by atoms with Crippen LogP contribution in [0, 0.1) is 5.92 Å². The van der Waals surface area contributed by atoms with Gasteiger partial charge in [-0.3, -0.25) is 4.98 Å². The van der Waals surface area contributed by atoms with Crippen molar-refractivity contribution in [2.45, 2.75) is 24.7 Å². The summed E-state index contributed by atoms with van der Waals surface area (Å²) in [7, 11) is 0. The van der Waals surface area contributed by atoms with Crippen LogP contribution in [0.1, 0.15) is 19.8 Å². The predicted molar refractivity (Wildman–Crippen MR) is 67.2 cm³/mol. The van der Waals surface area contributed by atoms with Gasteiger partial charge in [0.2, 0.25) is 0 Å². The molecule has 1 aromatic heterocycles. The highest BCUT2D eigenvalue weighted by atomic mass is 79.9. The first kappa shape index (κ1) is 12.1. The number of rotatable bonds is 6. The Morgan fingerprint density at radius 1 is 1.36 bits per heavy atom. The fourth-order valence-corrected chi connectivity index (χ4v) is 2.99. The lowest BCUT2D eigenvalue weighted by Crippen LogP contribution is -1.96. The lowest BCUT2D eigenvalue weighted by molar-refractivity contribution is 0.555. The molecule has 3 heteroatoms. The Morgan fingerprint density at radius 3 is 2.71 bits per heavy atom. The Kier molecular flexibility index (Phi) is 6.28. The largest absolute Gasteiger partial charge is 0.265 e. The van der Waals surface area contributed by atoms with Gasteiger partial charge in [-0.2, -0.15) is 0 Å². The number of alkyl halides is 1. The van der Waals surface area contributed by atoms with Gasteiger partial charge >= 0.3 is 0 Å². The van der Waals surface area contributed by atoms with Gasteiger partial charge in [0.05, 0.1) is 0 Å². The molecule has 1 atom stereocenters. The van der Waals surface area contributed by atoms with E-state index in [1.165, 1.54) is 23.5 Å². The number of aromatic nitrogens is 1. The van der Waals surface area contributed by atoms with Crippen molar-refractivity contribution >= 4 is 27.7 Å². The molecule has 78 valence electrons. The van der Waals surface area contributed by atoms with Crippen molar-refractivity contribution in [3.8, 4) is 0 Å². The van der Waals surface area contributed by atoms with E-state index in [0.717, 1.165) is 11.2 Å². The third kappa shape index (κ3) is 5.01. The maximum absolute atomic E-state index is 4.00. The first-order valence-corrected chi connectivity index (χ1v) is 7.02. The van der Waals surface area contributed by atoms with Crippen LogP contribution in [-0.4, -0.2) is 16.1 Å². The zero-order valence-corrected chi connectivity index (χ0v) is 10.9. The van der Waals surface area contributed by atoms with Crippen LogP contribution in [0.15, 0.2) is 29.4 Å². The van der Waals surface area contributed by atoms with E-state index in [2.05, 4.69) is 40.0 Å². The van der Waals surface area contributed by atoms with Crippen molar-refractivity contribution in [1.29, 1.82) is 0 Å². The molecule has 0 spiro atoms. The molecule has 0 aliphatic rings. The van der Waals surface area contributed by atoms with Crippen LogP contribution in [0.3, 0.4) is 0 Å². The second-order valence-electron chi connectivity index (χ2n) is 3.40. The molecule has 1 unspecified atom stereocenters. The molecule has 0 aromatic carbocycles. The summed E-state index contributed by atoms with van der Waals surface area (Å²) in [6.07, 6.45) is 6.27. The molecule has 0 amide bonds. The minimum Gasteiger partial charge on any atom is -0.265 e. The topological polar surface area (TPSA) is 12.9 Å². The second kappa shape index (κ2) is 7.30. The Balaban J connectivity index is 2.16. The first-order chi connectivity index (χ1) is 6.83. The summed E-state index contributed by atoms with van der Waals surface area (Å²) in [5, 5.41) is 1.12. The monoisotopic (exact) mass is 273 g/mol. The highest BCUT2D eigenvalue weighted by Crippen LogP contribution is 2.20. The highest BCUT2D eigenvalue weighted by molar-refractivity contribution is 9.09. The molecule has 0 fully saturated rings. The van der Waals surface area contributed by atoms with Crippen LogP contribution in [0.5, 0.6) is 0 Å². The molecule has 0 radical (unpaired) electrons. The van der Waals surface area contributed by atoms with Crippen LogP contribution in [-0.2, 0) is 0 Å². The van der Waals surface area contributed by atoms with E-state index < -0.39 is 0 Å². The Morgan fingerprint density at radius 2 is 2.07 bits per heavy atom. The Bertz CT molecular complexity index is 240. The van der Waals surface area contributed by atoms with Gasteiger partial charge in [0.1, 0.15) is 0 Å². The fourth-order valence-electron chi connectivity index (χ4n) is 1.14. The third-order valence-electron chi connectivity index (χ3n) is 2.13. The summed E-state index contributed by atoms with van der Waals surface area (Å²) in [4.78, 5) is 5.32. The van der Waals surface area contributed by atoms with Crippen molar-refractivity contribution in [2.75, 3.05) is 11.1 Å². The van der Waals surface area contributed by atoms with E-state index in [1.54, 1.807) is 0 Å². The zero-order chi connectivity index (χ0) is 10.2. The van der Waals surface area contributed by atoms with Crippen LogP contribution in [0.4, 0.5) is 0 Å². The van der Waals surface area contributed by atoms with Crippen LogP contribution >= 0.6 is 27.7 Å². The maximum atomic E-state index is 4.00. The van der Waals surface area contributed by atoms with E-state index in [4.69, 9.17) is 0 Å². The molecule has 1 rings (SSSR count). The number of halogens is 1. The number of thioether (sulfide) groups is 1. The molecule has 0 N–H and O–H groups in total. The smallest absolute Gasteiger partial charge is 0.0278 e. The standard InChI is InChI=1S/C11H16BrNS/c1-10(2-6-12)5-9-14-11-3-7-13-8-4-11/h3-4,7-8,10H,2,5-6,9H2,1H3. The lowest BCUT2D eigenvalue weighted by Gasteiger charge is -2.08. The number of hydrogen-bond acceptors (Lipinski definition) is 2. The summed E-state index contributed by atoms with van der Waals surface area (Å²) in [6, 6.07) is 4.14. The quantitative estimate of drug-likeness (QED) is 0.574. The summed E-state index contributed by atoms with van der Waals surface area (Å²) in [5.74, 6) is 2.03. The highest BCUT2D eigenvalue weighted by Gasteiger charge is 2.01. The van der Waals surface area contributed by atoms with E-state index in [0.29, 0.717) is 0 Å². The van der Waals surface area contributed by atoms with Gasteiger partial charge in [-0.1, -0.05) is 22.9 Å². The molecular weight excluding hydrogens is 258 g/mol. The van der Waals surface area contributed by atoms with Gasteiger partial charge in [0.25, 0.3) is 0 Å². The number of nitrogens with zero attached hydrogens (tertiary/aromatic N) is 1. The molecule has 0 saturated heterocycles. The summed E-state index contributed by atoms with van der Waals surface area (Å²) < 4.78 is 0. The summed E-state index contributed by atoms with van der Waals surface area (Å²) >= 11 is 5.39. The minimum absolute atomic E-state index is 0.823. The zero-order valence-electron chi connectivity index (χ0n) is 8.45. The first-order valence-electron chi connectivity index (χ1n) is 4.91. The molecule has 0 aliphatic heterocycles. The average Bonchev–Trinajstić information content (AvgIpc) is 2.20. The second-order valence-corrected chi connectivity index (χ2v) is 5.36. The van der Waals surface area contributed by atoms with Gasteiger partial charge < -0.3 is 0 Å². The molecule has 0 saturated carbocycles. The van der Waals surface area contributed by atoms with E-state index in [-0.39, 0.29) is 0 Å². The Hall–Kier alpha value is -0.0200. The van der Waals surface area contributed by atoms with Crippen molar-refractivity contribution in [3.63, 3.8) is 0 Å². The molecule has 0 aliphatic carbocycles. The molecule has 1 nitrogen and oxygen atoms in total. The van der Waals surface area contributed by atoms with Crippen molar-refractivity contribution in [2.24, 2.45) is 5.92 Å². The lowest BCUT2D eigenvalue weighted by atomic mass is 10.1. The van der Waals surface area contributed by atoms with E-state index in [1.807, 2.05) is 24.2 Å². The van der Waals surface area contributed by atoms with Crippen molar-refractivity contribution in [3.05, 3.63) is 24.5 Å². The van der Waals surface area contributed by atoms with Crippen LogP contribution in [0.2, 0.25) is 0 Å². The molecular formula is C11H16BrNS. The molecule has 14 heavy (non-hydrogen) atoms. The minimum atomic E-state index is 0.823. The van der Waals surface area contributed by atoms with E-state index in [9.17, 15) is 0 Å². The van der Waals surface area contributed by atoms with Crippen molar-refractivity contribution in [1.82, 2.24) is 4.98 Å². The summed E-state index contributed by atoms with van der Waals surface area (Å²) in [5.41, 5.74) is 0.